The van der Waals surface area contributed by atoms with Crippen molar-refractivity contribution < 1.29 is 19.7 Å². The number of cyclic esters (lactones) is 1. The van der Waals surface area contributed by atoms with Crippen molar-refractivity contribution >= 4 is 16.9 Å². The van der Waals surface area contributed by atoms with E-state index in [4.69, 9.17) is 4.74 Å². The number of pyridine rings is 1. The molecule has 1 atom stereocenters. The number of carbonyl (C=O) groups excluding carboxylic acids is 1. The zero-order chi connectivity index (χ0) is 19.3. The van der Waals surface area contributed by atoms with Gasteiger partial charge in [0, 0.05) is 28.3 Å². The molecule has 0 saturated heterocycles. The van der Waals surface area contributed by atoms with Gasteiger partial charge in [-0.25, -0.2) is 4.79 Å². The summed E-state index contributed by atoms with van der Waals surface area (Å²) in [5.74, 6) is -0.250. The Labute approximate surface area is 160 Å². The van der Waals surface area contributed by atoms with Crippen molar-refractivity contribution in [1.82, 2.24) is 4.98 Å². The molecule has 0 saturated carbocycles. The molecular weight excluding hydrogens is 354 g/mol. The summed E-state index contributed by atoms with van der Waals surface area (Å²) in [6.45, 7) is 0. The van der Waals surface area contributed by atoms with Crippen LogP contribution in [-0.4, -0.2) is 21.2 Å². The smallest absolute Gasteiger partial charge is 0.340 e. The fourth-order valence-corrected chi connectivity index (χ4v) is 3.95. The molecule has 0 bridgehead atoms. The third-order valence-corrected chi connectivity index (χ3v) is 5.17. The molecule has 2 N–H and O–H groups in total. The second-order valence-electron chi connectivity index (χ2n) is 6.69. The Bertz CT molecular complexity index is 1230. The quantitative estimate of drug-likeness (QED) is 0.520. The van der Waals surface area contributed by atoms with E-state index in [2.05, 4.69) is 4.98 Å². The van der Waals surface area contributed by atoms with E-state index in [9.17, 15) is 15.0 Å². The minimum atomic E-state index is -1.21. The highest BCUT2D eigenvalue weighted by Crippen LogP contribution is 2.49. The highest BCUT2D eigenvalue weighted by Gasteiger charge is 2.49. The summed E-state index contributed by atoms with van der Waals surface area (Å²) in [4.78, 5) is 17.1. The predicted molar refractivity (Wildman–Crippen MR) is 103 cm³/mol. The van der Waals surface area contributed by atoms with Crippen LogP contribution < -0.4 is 0 Å². The first-order valence-corrected chi connectivity index (χ1v) is 8.81. The molecule has 1 aliphatic rings. The molecule has 1 aliphatic heterocycles. The summed E-state index contributed by atoms with van der Waals surface area (Å²) in [6, 6.07) is 20.8. The van der Waals surface area contributed by atoms with E-state index in [-0.39, 0.29) is 11.5 Å². The number of ether oxygens (including phenoxy) is 1. The lowest BCUT2D eigenvalue weighted by atomic mass is 9.78. The van der Waals surface area contributed by atoms with E-state index >= 15 is 0 Å². The number of benzene rings is 3. The van der Waals surface area contributed by atoms with Crippen LogP contribution in [0.3, 0.4) is 0 Å². The summed E-state index contributed by atoms with van der Waals surface area (Å²) in [5.41, 5.74) is 1.80. The van der Waals surface area contributed by atoms with Gasteiger partial charge < -0.3 is 14.9 Å². The largest absolute Gasteiger partial charge is 0.508 e. The lowest BCUT2D eigenvalue weighted by Gasteiger charge is -2.31. The predicted octanol–water partition coefficient (Wildman–Crippen LogP) is 4.11. The zero-order valence-corrected chi connectivity index (χ0v) is 14.7. The summed E-state index contributed by atoms with van der Waals surface area (Å²) in [5, 5.41) is 20.7. The number of esters is 1. The highest BCUT2D eigenvalue weighted by molar-refractivity contribution is 5.98. The normalized spacial score (nSPS) is 18.1. The second kappa shape index (κ2) is 5.82. The number of phenolic OH excluding ortho intramolecular Hbond substituents is 2. The third kappa shape index (κ3) is 2.13. The molecule has 28 heavy (non-hydrogen) atoms. The van der Waals surface area contributed by atoms with Crippen molar-refractivity contribution in [2.45, 2.75) is 5.60 Å². The van der Waals surface area contributed by atoms with E-state index in [0.717, 1.165) is 0 Å². The summed E-state index contributed by atoms with van der Waals surface area (Å²) >= 11 is 0. The van der Waals surface area contributed by atoms with Gasteiger partial charge in [0.05, 0.1) is 5.56 Å². The lowest BCUT2D eigenvalue weighted by molar-refractivity contribution is 0.0255. The number of aromatic hydroxyl groups is 2. The average Bonchev–Trinajstić information content (AvgIpc) is 3.03. The van der Waals surface area contributed by atoms with Crippen LogP contribution in [0, 0.1) is 0 Å². The molecule has 5 rings (SSSR count). The zero-order valence-electron chi connectivity index (χ0n) is 14.7. The molecule has 0 radical (unpaired) electrons. The number of rotatable bonds is 2. The average molecular weight is 369 g/mol. The van der Waals surface area contributed by atoms with Crippen molar-refractivity contribution in [1.29, 1.82) is 0 Å². The summed E-state index contributed by atoms with van der Waals surface area (Å²) < 4.78 is 6.05. The number of nitrogens with zero attached hydrogens (tertiary/aromatic N) is 1. The molecule has 4 aromatic rings. The SMILES string of the molecule is O=C1OC(c2ccc(O)cc2)(c2ccc(O)c3ncccc23)c2ccccc21. The van der Waals surface area contributed by atoms with E-state index in [1.165, 1.54) is 0 Å². The van der Waals surface area contributed by atoms with Crippen LogP contribution >= 0.6 is 0 Å². The molecule has 5 nitrogen and oxygen atoms in total. The van der Waals surface area contributed by atoms with Crippen LogP contribution in [0.4, 0.5) is 0 Å². The van der Waals surface area contributed by atoms with Gasteiger partial charge >= 0.3 is 5.97 Å². The number of phenols is 2. The number of hydrogen-bond acceptors (Lipinski definition) is 5. The Hall–Kier alpha value is -3.86. The first-order valence-electron chi connectivity index (χ1n) is 8.81. The van der Waals surface area contributed by atoms with Gasteiger partial charge in [0.2, 0.25) is 0 Å². The molecule has 0 amide bonds. The van der Waals surface area contributed by atoms with Gasteiger partial charge in [-0.05, 0) is 36.4 Å². The number of fused-ring (bicyclic) bond motifs is 2. The number of aromatic nitrogens is 1. The highest BCUT2D eigenvalue weighted by atomic mass is 16.6. The van der Waals surface area contributed by atoms with Gasteiger partial charge in [-0.1, -0.05) is 36.4 Å². The molecule has 5 heteroatoms. The van der Waals surface area contributed by atoms with Crippen LogP contribution in [0.25, 0.3) is 10.9 Å². The Balaban J connectivity index is 1.92. The van der Waals surface area contributed by atoms with Gasteiger partial charge in [0.15, 0.2) is 5.60 Å². The molecule has 136 valence electrons. The van der Waals surface area contributed by atoms with Crippen LogP contribution in [-0.2, 0) is 10.3 Å². The van der Waals surface area contributed by atoms with Crippen molar-refractivity contribution in [2.24, 2.45) is 0 Å². The molecule has 1 unspecified atom stereocenters. The van der Waals surface area contributed by atoms with E-state index in [0.29, 0.717) is 33.2 Å². The van der Waals surface area contributed by atoms with Gasteiger partial charge in [-0.2, -0.15) is 0 Å². The second-order valence-corrected chi connectivity index (χ2v) is 6.69. The maximum absolute atomic E-state index is 12.8. The van der Waals surface area contributed by atoms with Crippen LogP contribution in [0.15, 0.2) is 79.0 Å². The molecular formula is C23H15NO4. The van der Waals surface area contributed by atoms with Gasteiger partial charge in [-0.15, -0.1) is 0 Å². The van der Waals surface area contributed by atoms with Crippen LogP contribution in [0.2, 0.25) is 0 Å². The van der Waals surface area contributed by atoms with Gasteiger partial charge in [-0.3, -0.25) is 4.98 Å². The molecule has 0 fully saturated rings. The third-order valence-electron chi connectivity index (χ3n) is 5.17. The molecule has 0 spiro atoms. The maximum Gasteiger partial charge on any atom is 0.340 e. The van der Waals surface area contributed by atoms with Crippen molar-refractivity contribution in [2.75, 3.05) is 0 Å². The number of carbonyl (C=O) groups is 1. The summed E-state index contributed by atoms with van der Waals surface area (Å²) in [7, 11) is 0. The topological polar surface area (TPSA) is 79.7 Å². The molecule has 3 aromatic carbocycles. The fraction of sp³-hybridized carbons (Fsp3) is 0.0435. The Morgan fingerprint density at radius 3 is 2.43 bits per heavy atom. The number of hydrogen-bond donors (Lipinski definition) is 2. The van der Waals surface area contributed by atoms with Crippen LogP contribution in [0.5, 0.6) is 11.5 Å². The Morgan fingerprint density at radius 2 is 1.61 bits per heavy atom. The monoisotopic (exact) mass is 369 g/mol. The lowest BCUT2D eigenvalue weighted by Crippen LogP contribution is -2.29. The molecule has 2 heterocycles. The maximum atomic E-state index is 12.8. The van der Waals surface area contributed by atoms with Crippen LogP contribution in [0.1, 0.15) is 27.0 Å². The van der Waals surface area contributed by atoms with E-state index in [1.54, 1.807) is 60.8 Å². The standard InChI is InChI=1S/C23H15NO4/c25-15-9-7-14(8-10-15)23(18-6-2-1-4-17(18)22(27)28-23)19-11-12-20(26)21-16(19)5-3-13-24-21/h1-13,25-26H. The first kappa shape index (κ1) is 16.3. The van der Waals surface area contributed by atoms with Crippen molar-refractivity contribution in [3.05, 3.63) is 101 Å². The summed E-state index contributed by atoms with van der Waals surface area (Å²) in [6.07, 6.45) is 1.60. The minimum Gasteiger partial charge on any atom is -0.508 e. The first-order chi connectivity index (χ1) is 13.6. The molecule has 1 aromatic heterocycles. The fourth-order valence-electron chi connectivity index (χ4n) is 3.95. The van der Waals surface area contributed by atoms with Crippen molar-refractivity contribution in [3.63, 3.8) is 0 Å². The molecule has 0 aliphatic carbocycles. The Kier molecular flexibility index (Phi) is 3.39. The van der Waals surface area contributed by atoms with Gasteiger partial charge in [0.1, 0.15) is 17.0 Å². The Morgan fingerprint density at radius 1 is 0.821 bits per heavy atom. The minimum absolute atomic E-state index is 0.0535. The van der Waals surface area contributed by atoms with Gasteiger partial charge in [0.25, 0.3) is 0 Å². The van der Waals surface area contributed by atoms with E-state index < -0.39 is 11.6 Å². The van der Waals surface area contributed by atoms with E-state index in [1.807, 2.05) is 18.2 Å². The van der Waals surface area contributed by atoms with Crippen molar-refractivity contribution in [3.8, 4) is 11.5 Å².